The summed E-state index contributed by atoms with van der Waals surface area (Å²) in [5.41, 5.74) is 2.37. The first-order valence-corrected chi connectivity index (χ1v) is 11.2. The molecule has 3 nitrogen and oxygen atoms in total. The fourth-order valence-corrected chi connectivity index (χ4v) is 5.05. The summed E-state index contributed by atoms with van der Waals surface area (Å²) in [5.74, 6) is 0.691. The van der Waals surface area contributed by atoms with E-state index in [1.165, 1.54) is 16.3 Å². The molecule has 1 heterocycles. The maximum Gasteiger partial charge on any atom is 0.238 e. The van der Waals surface area contributed by atoms with Crippen molar-refractivity contribution in [3.05, 3.63) is 108 Å². The van der Waals surface area contributed by atoms with Crippen molar-refractivity contribution < 1.29 is 4.79 Å². The zero-order valence-corrected chi connectivity index (χ0v) is 17.3. The Morgan fingerprint density at radius 1 is 0.867 bits per heavy atom. The van der Waals surface area contributed by atoms with Crippen LogP contribution in [0.3, 0.4) is 0 Å². The van der Waals surface area contributed by atoms with Crippen LogP contribution in [0.2, 0.25) is 0 Å². The fraction of sp³-hybridized carbons (Fsp3) is 0.154. The predicted molar refractivity (Wildman–Crippen MR) is 125 cm³/mol. The van der Waals surface area contributed by atoms with Crippen LogP contribution in [0.1, 0.15) is 11.1 Å². The molecule has 3 aromatic carbocycles. The average Bonchev–Trinajstić information content (AvgIpc) is 2.80. The molecule has 148 valence electrons. The summed E-state index contributed by atoms with van der Waals surface area (Å²) >= 11 is 1.65. The van der Waals surface area contributed by atoms with Crippen molar-refractivity contribution in [2.45, 2.75) is 18.3 Å². The highest BCUT2D eigenvalue weighted by molar-refractivity contribution is 8.13. The van der Waals surface area contributed by atoms with Crippen LogP contribution in [-0.4, -0.2) is 22.0 Å². The molecule has 0 N–H and O–H groups in total. The van der Waals surface area contributed by atoms with E-state index in [1.54, 1.807) is 11.8 Å². The molecule has 0 spiro atoms. The monoisotopic (exact) mass is 410 g/mol. The topological polar surface area (TPSA) is 32.7 Å². The van der Waals surface area contributed by atoms with Gasteiger partial charge in [0.05, 0.1) is 18.5 Å². The maximum absolute atomic E-state index is 13.3. The van der Waals surface area contributed by atoms with Crippen molar-refractivity contribution in [1.82, 2.24) is 4.90 Å². The maximum atomic E-state index is 13.3. The lowest BCUT2D eigenvalue weighted by molar-refractivity contribution is -0.131. The van der Waals surface area contributed by atoms with Crippen molar-refractivity contribution >= 4 is 33.6 Å². The molecular formula is C26H22N2OS. The fourth-order valence-electron chi connectivity index (χ4n) is 4.01. The predicted octanol–water partition coefficient (Wildman–Crippen LogP) is 5.58. The van der Waals surface area contributed by atoms with Crippen LogP contribution >= 0.6 is 11.8 Å². The van der Waals surface area contributed by atoms with Gasteiger partial charge in [0.1, 0.15) is 0 Å². The zero-order valence-electron chi connectivity index (χ0n) is 16.5. The number of thioether (sulfide) groups is 1. The number of allylic oxidation sites excluding steroid dienone is 2. The van der Waals surface area contributed by atoms with E-state index in [0.717, 1.165) is 16.5 Å². The molecule has 4 heteroatoms. The minimum absolute atomic E-state index is 0.107. The Kier molecular flexibility index (Phi) is 5.24. The number of fused-ring (bicyclic) bond motifs is 2. The third-order valence-electron chi connectivity index (χ3n) is 5.57. The molecule has 5 rings (SSSR count). The van der Waals surface area contributed by atoms with Crippen LogP contribution in [0.4, 0.5) is 0 Å². The van der Waals surface area contributed by atoms with E-state index in [0.29, 0.717) is 6.54 Å². The zero-order chi connectivity index (χ0) is 20.3. The van der Waals surface area contributed by atoms with Crippen LogP contribution < -0.4 is 0 Å². The molecule has 1 aliphatic carbocycles. The molecule has 3 aromatic rings. The number of nitrogens with zero attached hydrogens (tertiary/aromatic N) is 2. The molecular weight excluding hydrogens is 388 g/mol. The summed E-state index contributed by atoms with van der Waals surface area (Å²) in [6.45, 7) is 0.543. The standard InChI is InChI=1S/C26H22N2OS/c29-25-23-15-6-7-16-24(23)27-26(28(25)17-19-9-2-1-3-10-19)30-18-21-13-8-12-20-11-4-5-14-22(20)21/h1-16,23-24H,17-18H2/t23-,24-/m1/s1. The summed E-state index contributed by atoms with van der Waals surface area (Å²) in [6, 6.07) is 24.8. The number of rotatable bonds is 4. The molecule has 0 radical (unpaired) electrons. The lowest BCUT2D eigenvalue weighted by Gasteiger charge is -2.35. The largest absolute Gasteiger partial charge is 0.286 e. The van der Waals surface area contributed by atoms with Gasteiger partial charge in [-0.05, 0) is 21.9 Å². The molecule has 2 atom stereocenters. The number of benzene rings is 3. The Balaban J connectivity index is 1.45. The highest BCUT2D eigenvalue weighted by Gasteiger charge is 2.36. The van der Waals surface area contributed by atoms with Crippen LogP contribution in [0.25, 0.3) is 10.8 Å². The second-order valence-electron chi connectivity index (χ2n) is 7.53. The second-order valence-corrected chi connectivity index (χ2v) is 8.48. The highest BCUT2D eigenvalue weighted by atomic mass is 32.2. The Morgan fingerprint density at radius 3 is 2.53 bits per heavy atom. The third kappa shape index (κ3) is 3.71. The first kappa shape index (κ1) is 18.9. The third-order valence-corrected chi connectivity index (χ3v) is 6.61. The van der Waals surface area contributed by atoms with Gasteiger partial charge in [0.2, 0.25) is 5.91 Å². The van der Waals surface area contributed by atoms with Gasteiger partial charge in [0.15, 0.2) is 5.17 Å². The first-order valence-electron chi connectivity index (χ1n) is 10.2. The van der Waals surface area contributed by atoms with Gasteiger partial charge in [-0.15, -0.1) is 0 Å². The minimum atomic E-state index is -0.208. The number of carbonyl (C=O) groups excluding carboxylic acids is 1. The van der Waals surface area contributed by atoms with E-state index in [-0.39, 0.29) is 17.9 Å². The number of amidine groups is 1. The Morgan fingerprint density at radius 2 is 1.63 bits per heavy atom. The quantitative estimate of drug-likeness (QED) is 0.562. The summed E-state index contributed by atoms with van der Waals surface area (Å²) in [7, 11) is 0. The summed E-state index contributed by atoms with van der Waals surface area (Å²) in [5, 5.41) is 3.29. The van der Waals surface area contributed by atoms with E-state index in [2.05, 4.69) is 54.6 Å². The SMILES string of the molecule is O=C1[C@@H]2C=CC=C[C@H]2N=C(SCc2cccc3ccccc23)N1Cc1ccccc1. The number of carbonyl (C=O) groups is 1. The summed E-state index contributed by atoms with van der Waals surface area (Å²) in [4.78, 5) is 20.2. The second kappa shape index (κ2) is 8.33. The lowest BCUT2D eigenvalue weighted by atomic mass is 9.93. The lowest BCUT2D eigenvalue weighted by Crippen LogP contribution is -2.46. The molecule has 2 aliphatic rings. The minimum Gasteiger partial charge on any atom is -0.286 e. The van der Waals surface area contributed by atoms with Crippen molar-refractivity contribution in [3.8, 4) is 0 Å². The normalized spacial score (nSPS) is 20.3. The molecule has 0 saturated heterocycles. The van der Waals surface area contributed by atoms with Crippen molar-refractivity contribution in [2.24, 2.45) is 10.9 Å². The van der Waals surface area contributed by atoms with Gasteiger partial charge in [-0.1, -0.05) is 109 Å². The molecule has 0 unspecified atom stereocenters. The highest BCUT2D eigenvalue weighted by Crippen LogP contribution is 2.31. The van der Waals surface area contributed by atoms with Gasteiger partial charge in [-0.25, -0.2) is 0 Å². The molecule has 30 heavy (non-hydrogen) atoms. The van der Waals surface area contributed by atoms with E-state index in [1.807, 2.05) is 47.4 Å². The van der Waals surface area contributed by atoms with E-state index in [4.69, 9.17) is 4.99 Å². The van der Waals surface area contributed by atoms with E-state index < -0.39 is 0 Å². The number of amides is 1. The van der Waals surface area contributed by atoms with Gasteiger partial charge in [0, 0.05) is 5.75 Å². The van der Waals surface area contributed by atoms with Crippen molar-refractivity contribution in [1.29, 1.82) is 0 Å². The van der Waals surface area contributed by atoms with Gasteiger partial charge < -0.3 is 0 Å². The summed E-state index contributed by atoms with van der Waals surface area (Å²) < 4.78 is 0. The van der Waals surface area contributed by atoms with E-state index in [9.17, 15) is 4.79 Å². The van der Waals surface area contributed by atoms with Gasteiger partial charge >= 0.3 is 0 Å². The van der Waals surface area contributed by atoms with Crippen molar-refractivity contribution in [2.75, 3.05) is 0 Å². The first-order chi connectivity index (χ1) is 14.8. The molecule has 0 saturated carbocycles. The smallest absolute Gasteiger partial charge is 0.238 e. The van der Waals surface area contributed by atoms with Crippen LogP contribution in [0.15, 0.2) is 102 Å². The van der Waals surface area contributed by atoms with Crippen molar-refractivity contribution in [3.63, 3.8) is 0 Å². The number of hydrogen-bond acceptors (Lipinski definition) is 3. The Labute approximate surface area is 180 Å². The van der Waals surface area contributed by atoms with Gasteiger partial charge in [0.25, 0.3) is 0 Å². The Hall–Kier alpha value is -3.11. The molecule has 0 bridgehead atoms. The number of hydrogen-bond donors (Lipinski definition) is 0. The molecule has 0 fully saturated rings. The number of aliphatic imine (C=N–C) groups is 1. The summed E-state index contributed by atoms with van der Waals surface area (Å²) in [6.07, 6.45) is 7.93. The van der Waals surface area contributed by atoms with Gasteiger partial charge in [-0.2, -0.15) is 0 Å². The van der Waals surface area contributed by atoms with Crippen LogP contribution in [-0.2, 0) is 17.1 Å². The molecule has 1 amide bonds. The molecule has 1 aliphatic heterocycles. The molecule has 0 aromatic heterocycles. The Bertz CT molecular complexity index is 1160. The van der Waals surface area contributed by atoms with E-state index >= 15 is 0 Å². The van der Waals surface area contributed by atoms with Gasteiger partial charge in [-0.3, -0.25) is 14.7 Å². The van der Waals surface area contributed by atoms with Crippen LogP contribution in [0, 0.1) is 5.92 Å². The average molecular weight is 411 g/mol. The van der Waals surface area contributed by atoms with Crippen LogP contribution in [0.5, 0.6) is 0 Å².